The fourth-order valence-corrected chi connectivity index (χ4v) is 3.75. The maximum Gasteiger partial charge on any atom is 0.0456 e. The zero-order valence-electron chi connectivity index (χ0n) is 14.7. The van der Waals surface area contributed by atoms with Crippen molar-refractivity contribution in [2.45, 2.75) is 25.7 Å². The Balaban J connectivity index is 1.22. The summed E-state index contributed by atoms with van der Waals surface area (Å²) < 4.78 is 0. The van der Waals surface area contributed by atoms with E-state index in [-0.39, 0.29) is 0 Å². The highest BCUT2D eigenvalue weighted by molar-refractivity contribution is 5.80. The SMILES string of the molecule is C1=C(c2ccccc2)CCN(CCCCc2cc3ccccc3[nH]2)C1. The van der Waals surface area contributed by atoms with Crippen LogP contribution in [0.15, 0.2) is 66.7 Å². The van der Waals surface area contributed by atoms with Crippen LogP contribution in [-0.2, 0) is 6.42 Å². The van der Waals surface area contributed by atoms with Crippen LogP contribution in [0.5, 0.6) is 0 Å². The van der Waals surface area contributed by atoms with Crippen LogP contribution in [0.1, 0.15) is 30.5 Å². The molecule has 0 saturated heterocycles. The lowest BCUT2D eigenvalue weighted by atomic mass is 9.99. The molecule has 25 heavy (non-hydrogen) atoms. The van der Waals surface area contributed by atoms with Crippen molar-refractivity contribution in [2.24, 2.45) is 0 Å². The quantitative estimate of drug-likeness (QED) is 0.609. The molecule has 0 amide bonds. The minimum Gasteiger partial charge on any atom is -0.358 e. The topological polar surface area (TPSA) is 19.0 Å². The highest BCUT2D eigenvalue weighted by atomic mass is 15.1. The van der Waals surface area contributed by atoms with E-state index < -0.39 is 0 Å². The van der Waals surface area contributed by atoms with Gasteiger partial charge in [-0.15, -0.1) is 0 Å². The summed E-state index contributed by atoms with van der Waals surface area (Å²) in [6, 6.07) is 21.6. The first-order valence-corrected chi connectivity index (χ1v) is 9.42. The Morgan fingerprint density at radius 2 is 1.76 bits per heavy atom. The zero-order chi connectivity index (χ0) is 16.9. The smallest absolute Gasteiger partial charge is 0.0456 e. The van der Waals surface area contributed by atoms with E-state index in [1.54, 1.807) is 0 Å². The van der Waals surface area contributed by atoms with Gasteiger partial charge in [0.15, 0.2) is 0 Å². The predicted molar refractivity (Wildman–Crippen MR) is 107 cm³/mol. The molecule has 2 heteroatoms. The molecule has 1 aliphatic heterocycles. The number of aromatic amines is 1. The number of nitrogens with one attached hydrogen (secondary N) is 1. The average molecular weight is 330 g/mol. The molecular weight excluding hydrogens is 304 g/mol. The van der Waals surface area contributed by atoms with Gasteiger partial charge in [0.2, 0.25) is 0 Å². The number of hydrogen-bond donors (Lipinski definition) is 1. The second-order valence-electron chi connectivity index (χ2n) is 6.98. The lowest BCUT2D eigenvalue weighted by molar-refractivity contribution is 0.295. The van der Waals surface area contributed by atoms with Gasteiger partial charge < -0.3 is 4.98 Å². The summed E-state index contributed by atoms with van der Waals surface area (Å²) in [7, 11) is 0. The van der Waals surface area contributed by atoms with E-state index in [4.69, 9.17) is 0 Å². The molecule has 3 aromatic rings. The number of benzene rings is 2. The minimum atomic E-state index is 1.09. The number of aryl methyl sites for hydroxylation is 1. The lowest BCUT2D eigenvalue weighted by Crippen LogP contribution is -2.29. The third kappa shape index (κ3) is 4.02. The van der Waals surface area contributed by atoms with E-state index >= 15 is 0 Å². The molecular formula is C23H26N2. The van der Waals surface area contributed by atoms with Gasteiger partial charge >= 0.3 is 0 Å². The van der Waals surface area contributed by atoms with E-state index in [1.807, 2.05) is 0 Å². The Morgan fingerprint density at radius 3 is 2.56 bits per heavy atom. The highest BCUT2D eigenvalue weighted by Crippen LogP contribution is 2.22. The number of H-pyrrole nitrogens is 1. The van der Waals surface area contributed by atoms with Gasteiger partial charge in [0, 0.05) is 24.3 Å². The van der Waals surface area contributed by atoms with Crippen LogP contribution in [0.25, 0.3) is 16.5 Å². The number of nitrogens with zero attached hydrogens (tertiary/aromatic N) is 1. The highest BCUT2D eigenvalue weighted by Gasteiger charge is 2.12. The Morgan fingerprint density at radius 1 is 0.920 bits per heavy atom. The van der Waals surface area contributed by atoms with Gasteiger partial charge in [-0.3, -0.25) is 4.90 Å². The molecule has 2 nitrogen and oxygen atoms in total. The molecule has 0 fully saturated rings. The summed E-state index contributed by atoms with van der Waals surface area (Å²) in [5.74, 6) is 0. The molecule has 0 saturated carbocycles. The van der Waals surface area contributed by atoms with Crippen molar-refractivity contribution >= 4 is 16.5 Å². The Bertz CT molecular complexity index is 812. The molecule has 0 atom stereocenters. The number of unbranched alkanes of at least 4 members (excludes halogenated alkanes) is 1. The van der Waals surface area contributed by atoms with E-state index in [9.17, 15) is 0 Å². The van der Waals surface area contributed by atoms with Crippen LogP contribution >= 0.6 is 0 Å². The molecule has 4 rings (SSSR count). The first-order valence-electron chi connectivity index (χ1n) is 9.42. The van der Waals surface area contributed by atoms with E-state index in [1.165, 1.54) is 60.1 Å². The third-order valence-electron chi connectivity index (χ3n) is 5.19. The van der Waals surface area contributed by atoms with Gasteiger partial charge in [0.05, 0.1) is 0 Å². The summed E-state index contributed by atoms with van der Waals surface area (Å²) in [5.41, 5.74) is 5.52. The minimum absolute atomic E-state index is 1.09. The van der Waals surface area contributed by atoms with Crippen molar-refractivity contribution in [3.63, 3.8) is 0 Å². The van der Waals surface area contributed by atoms with E-state index in [0.29, 0.717) is 0 Å². The number of rotatable bonds is 6. The molecule has 0 unspecified atom stereocenters. The van der Waals surface area contributed by atoms with Crippen molar-refractivity contribution in [1.29, 1.82) is 0 Å². The Hall–Kier alpha value is -2.32. The van der Waals surface area contributed by atoms with Gasteiger partial charge in [0.1, 0.15) is 0 Å². The van der Waals surface area contributed by atoms with Crippen LogP contribution in [0, 0.1) is 0 Å². The fourth-order valence-electron chi connectivity index (χ4n) is 3.75. The molecule has 1 N–H and O–H groups in total. The largest absolute Gasteiger partial charge is 0.358 e. The molecule has 1 aliphatic rings. The second-order valence-corrected chi connectivity index (χ2v) is 6.98. The van der Waals surface area contributed by atoms with Crippen molar-refractivity contribution in [1.82, 2.24) is 9.88 Å². The first-order chi connectivity index (χ1) is 12.4. The molecule has 1 aromatic heterocycles. The third-order valence-corrected chi connectivity index (χ3v) is 5.19. The summed E-state index contributed by atoms with van der Waals surface area (Å²) >= 11 is 0. The second kappa shape index (κ2) is 7.71. The monoisotopic (exact) mass is 330 g/mol. The summed E-state index contributed by atoms with van der Waals surface area (Å²) in [6.45, 7) is 3.49. The van der Waals surface area contributed by atoms with Crippen LogP contribution in [0.2, 0.25) is 0 Å². The van der Waals surface area contributed by atoms with Crippen molar-refractivity contribution in [3.05, 3.63) is 78.0 Å². The number of hydrogen-bond acceptors (Lipinski definition) is 1. The normalized spacial score (nSPS) is 15.4. The summed E-state index contributed by atoms with van der Waals surface area (Å²) in [5, 5.41) is 1.33. The van der Waals surface area contributed by atoms with Crippen LogP contribution in [0.3, 0.4) is 0 Å². The Labute approximate surface area is 150 Å². The summed E-state index contributed by atoms with van der Waals surface area (Å²) in [6.07, 6.45) is 7.25. The predicted octanol–water partition coefficient (Wildman–Crippen LogP) is 5.28. The average Bonchev–Trinajstić information content (AvgIpc) is 3.09. The van der Waals surface area contributed by atoms with Gasteiger partial charge in [-0.25, -0.2) is 0 Å². The van der Waals surface area contributed by atoms with Gasteiger partial charge in [-0.1, -0.05) is 54.6 Å². The van der Waals surface area contributed by atoms with E-state index in [0.717, 1.165) is 13.0 Å². The van der Waals surface area contributed by atoms with Crippen LogP contribution in [-0.4, -0.2) is 29.5 Å². The molecule has 128 valence electrons. The zero-order valence-corrected chi connectivity index (χ0v) is 14.7. The first kappa shape index (κ1) is 16.2. The Kier molecular flexibility index (Phi) is 4.98. The molecule has 0 spiro atoms. The van der Waals surface area contributed by atoms with Crippen LogP contribution in [0.4, 0.5) is 0 Å². The van der Waals surface area contributed by atoms with Gasteiger partial charge in [-0.05, 0) is 60.9 Å². The molecule has 0 radical (unpaired) electrons. The number of aromatic nitrogens is 1. The van der Waals surface area contributed by atoms with Crippen molar-refractivity contribution < 1.29 is 0 Å². The maximum absolute atomic E-state index is 3.53. The lowest BCUT2D eigenvalue weighted by Gasteiger charge is -2.26. The van der Waals surface area contributed by atoms with Crippen molar-refractivity contribution in [3.8, 4) is 0 Å². The molecule has 2 aromatic carbocycles. The fraction of sp³-hybridized carbons (Fsp3) is 0.304. The van der Waals surface area contributed by atoms with Crippen LogP contribution < -0.4 is 0 Å². The number of para-hydroxylation sites is 1. The number of fused-ring (bicyclic) bond motifs is 1. The molecule has 0 aliphatic carbocycles. The molecule has 2 heterocycles. The maximum atomic E-state index is 3.53. The van der Waals surface area contributed by atoms with E-state index in [2.05, 4.69) is 76.6 Å². The van der Waals surface area contributed by atoms with Gasteiger partial charge in [-0.2, -0.15) is 0 Å². The van der Waals surface area contributed by atoms with Crippen molar-refractivity contribution in [2.75, 3.05) is 19.6 Å². The summed E-state index contributed by atoms with van der Waals surface area (Å²) in [4.78, 5) is 6.12. The molecule has 0 bridgehead atoms. The standard InChI is InChI=1S/C23H26N2/c1-2-8-19(9-3-1)20-13-16-25(17-14-20)15-7-6-11-22-18-21-10-4-5-12-23(21)24-22/h1-5,8-10,12-13,18,24H,6-7,11,14-17H2. The van der Waals surface area contributed by atoms with Gasteiger partial charge in [0.25, 0.3) is 0 Å².